The lowest BCUT2D eigenvalue weighted by molar-refractivity contribution is -0.384. The number of halogens is 1. The Morgan fingerprint density at radius 1 is 1.12 bits per heavy atom. The molecular weight excluding hydrogens is 332 g/mol. The SMILES string of the molecule is O=C1[C@@H]2[C@H](C(=O)N1c1ccc(Cl)c([N+](=O)[O-])c1)[C@@H]1C=C[C@@H]2C12CC2. The summed E-state index contributed by atoms with van der Waals surface area (Å²) in [6.07, 6.45) is 6.35. The third kappa shape index (κ3) is 1.48. The van der Waals surface area contributed by atoms with Crippen LogP contribution in [0.5, 0.6) is 0 Å². The maximum Gasteiger partial charge on any atom is 0.289 e. The monoisotopic (exact) mass is 344 g/mol. The lowest BCUT2D eigenvalue weighted by Crippen LogP contribution is -2.34. The lowest BCUT2D eigenvalue weighted by atomic mass is 9.85. The molecule has 4 atom stereocenters. The molecule has 6 nitrogen and oxygen atoms in total. The van der Waals surface area contributed by atoms with Crippen LogP contribution in [0, 0.1) is 39.2 Å². The number of fused-ring (bicyclic) bond motifs is 3. The summed E-state index contributed by atoms with van der Waals surface area (Å²) < 4.78 is 0. The van der Waals surface area contributed by atoms with Crippen molar-refractivity contribution in [3.8, 4) is 0 Å². The third-order valence-electron chi connectivity index (χ3n) is 6.24. The van der Waals surface area contributed by atoms with Gasteiger partial charge in [-0.25, -0.2) is 4.90 Å². The summed E-state index contributed by atoms with van der Waals surface area (Å²) in [5, 5.41) is 11.1. The average Bonchev–Trinajstić information content (AvgIpc) is 3.14. The van der Waals surface area contributed by atoms with Crippen LogP contribution in [0.2, 0.25) is 5.02 Å². The number of rotatable bonds is 2. The van der Waals surface area contributed by atoms with Gasteiger partial charge in [0, 0.05) is 6.07 Å². The Morgan fingerprint density at radius 3 is 2.21 bits per heavy atom. The van der Waals surface area contributed by atoms with E-state index in [2.05, 4.69) is 12.2 Å². The molecule has 1 spiro atoms. The molecule has 3 aliphatic carbocycles. The van der Waals surface area contributed by atoms with Gasteiger partial charge in [-0.15, -0.1) is 0 Å². The average molecular weight is 345 g/mol. The summed E-state index contributed by atoms with van der Waals surface area (Å²) in [7, 11) is 0. The van der Waals surface area contributed by atoms with Crippen LogP contribution in [0.3, 0.4) is 0 Å². The maximum absolute atomic E-state index is 12.9. The van der Waals surface area contributed by atoms with Crippen molar-refractivity contribution in [1.82, 2.24) is 0 Å². The Balaban J connectivity index is 1.56. The molecule has 0 radical (unpaired) electrons. The molecule has 1 aromatic carbocycles. The quantitative estimate of drug-likeness (QED) is 0.357. The second-order valence-corrected chi connectivity index (χ2v) is 7.53. The molecule has 1 aliphatic heterocycles. The van der Waals surface area contributed by atoms with Crippen molar-refractivity contribution >= 4 is 34.8 Å². The second kappa shape index (κ2) is 4.25. The fourth-order valence-electron chi connectivity index (χ4n) is 5.11. The Morgan fingerprint density at radius 2 is 1.71 bits per heavy atom. The van der Waals surface area contributed by atoms with E-state index >= 15 is 0 Å². The molecule has 0 aromatic heterocycles. The molecule has 1 aromatic rings. The van der Waals surface area contributed by atoms with E-state index in [1.54, 1.807) is 0 Å². The third-order valence-corrected chi connectivity index (χ3v) is 6.56. The van der Waals surface area contributed by atoms with Crippen molar-refractivity contribution in [1.29, 1.82) is 0 Å². The first-order chi connectivity index (χ1) is 11.5. The number of nitro groups is 1. The first kappa shape index (κ1) is 14.2. The molecule has 2 amide bonds. The largest absolute Gasteiger partial charge is 0.289 e. The number of hydrogen-bond donors (Lipinski definition) is 0. The van der Waals surface area contributed by atoms with E-state index < -0.39 is 4.92 Å². The van der Waals surface area contributed by atoms with Crippen molar-refractivity contribution in [2.45, 2.75) is 12.8 Å². The molecule has 24 heavy (non-hydrogen) atoms. The van der Waals surface area contributed by atoms with E-state index in [9.17, 15) is 19.7 Å². The van der Waals surface area contributed by atoms with Crippen LogP contribution in [0.25, 0.3) is 0 Å². The smallest absolute Gasteiger partial charge is 0.274 e. The van der Waals surface area contributed by atoms with Crippen LogP contribution >= 0.6 is 11.6 Å². The zero-order chi connectivity index (χ0) is 16.8. The van der Waals surface area contributed by atoms with Gasteiger partial charge in [0.05, 0.1) is 22.4 Å². The molecule has 2 saturated carbocycles. The molecule has 5 rings (SSSR count). The standard InChI is InChI=1S/C17H13ClN2O4/c18-11-4-1-8(7-12(11)20(23)24)19-15(21)13-9-2-3-10(14(13)16(19)22)17(9)5-6-17/h1-4,7,9-10,13-14H,5-6H2/t9-,10-,13-,14+/m0/s1. The molecule has 1 heterocycles. The van der Waals surface area contributed by atoms with Crippen molar-refractivity contribution < 1.29 is 14.5 Å². The second-order valence-electron chi connectivity index (χ2n) is 7.13. The number of nitrogens with zero attached hydrogens (tertiary/aromatic N) is 2. The summed E-state index contributed by atoms with van der Waals surface area (Å²) in [4.78, 5) is 37.5. The number of benzene rings is 1. The van der Waals surface area contributed by atoms with E-state index in [1.165, 1.54) is 18.2 Å². The topological polar surface area (TPSA) is 80.5 Å². The predicted molar refractivity (Wildman–Crippen MR) is 85.4 cm³/mol. The zero-order valence-electron chi connectivity index (χ0n) is 12.5. The van der Waals surface area contributed by atoms with Crippen LogP contribution < -0.4 is 4.90 Å². The normalized spacial score (nSPS) is 34.3. The number of allylic oxidation sites excluding steroid dienone is 2. The van der Waals surface area contributed by atoms with Gasteiger partial charge in [0.1, 0.15) is 5.02 Å². The molecule has 0 N–H and O–H groups in total. The summed E-state index contributed by atoms with van der Waals surface area (Å²) >= 11 is 5.83. The Labute approximate surface area is 142 Å². The Bertz CT molecular complexity index is 826. The first-order valence-electron chi connectivity index (χ1n) is 7.96. The minimum Gasteiger partial charge on any atom is -0.274 e. The number of carbonyl (C=O) groups excluding carboxylic acids is 2. The molecule has 3 fully saturated rings. The number of anilines is 1. The van der Waals surface area contributed by atoms with Crippen molar-refractivity contribution in [3.05, 3.63) is 45.5 Å². The fraction of sp³-hybridized carbons (Fsp3) is 0.412. The van der Waals surface area contributed by atoms with E-state index in [0.29, 0.717) is 0 Å². The van der Waals surface area contributed by atoms with E-state index in [1.807, 2.05) is 0 Å². The molecule has 1 saturated heterocycles. The van der Waals surface area contributed by atoms with Gasteiger partial charge >= 0.3 is 0 Å². The van der Waals surface area contributed by atoms with Crippen molar-refractivity contribution in [2.75, 3.05) is 4.90 Å². The van der Waals surface area contributed by atoms with Gasteiger partial charge in [-0.3, -0.25) is 19.7 Å². The van der Waals surface area contributed by atoms with Crippen LogP contribution in [-0.4, -0.2) is 16.7 Å². The predicted octanol–water partition coefficient (Wildman–Crippen LogP) is 2.95. The van der Waals surface area contributed by atoms with Crippen molar-refractivity contribution in [2.24, 2.45) is 29.1 Å². The Kier molecular flexibility index (Phi) is 2.51. The summed E-state index contributed by atoms with van der Waals surface area (Å²) in [5.41, 5.74) is 0.0741. The molecule has 2 bridgehead atoms. The number of amides is 2. The molecular formula is C17H13ClN2O4. The first-order valence-corrected chi connectivity index (χ1v) is 8.33. The number of imide groups is 1. The molecule has 4 aliphatic rings. The van der Waals surface area contributed by atoms with Gasteiger partial charge in [0.2, 0.25) is 11.8 Å². The Hall–Kier alpha value is -2.21. The number of hydrogen-bond acceptors (Lipinski definition) is 4. The minimum atomic E-state index is -0.609. The number of nitro benzene ring substituents is 1. The summed E-state index contributed by atoms with van der Waals surface area (Å²) in [6.45, 7) is 0. The highest BCUT2D eigenvalue weighted by Crippen LogP contribution is 2.73. The van der Waals surface area contributed by atoms with E-state index in [4.69, 9.17) is 11.6 Å². The molecule has 122 valence electrons. The zero-order valence-corrected chi connectivity index (χ0v) is 13.3. The van der Waals surface area contributed by atoms with E-state index in [0.717, 1.165) is 17.7 Å². The molecule has 7 heteroatoms. The lowest BCUT2D eigenvalue weighted by Gasteiger charge is -2.21. The van der Waals surface area contributed by atoms with Crippen LogP contribution in [0.4, 0.5) is 11.4 Å². The van der Waals surface area contributed by atoms with Gasteiger partial charge in [-0.1, -0.05) is 23.8 Å². The number of carbonyl (C=O) groups is 2. The molecule has 0 unspecified atom stereocenters. The van der Waals surface area contributed by atoms with Crippen LogP contribution in [-0.2, 0) is 9.59 Å². The summed E-state index contributed by atoms with van der Waals surface area (Å²) in [5.74, 6) is -0.823. The van der Waals surface area contributed by atoms with Gasteiger partial charge in [0.15, 0.2) is 0 Å². The highest BCUT2D eigenvalue weighted by atomic mass is 35.5. The van der Waals surface area contributed by atoms with Gasteiger partial charge in [-0.05, 0) is 42.2 Å². The highest BCUT2D eigenvalue weighted by molar-refractivity contribution is 6.33. The summed E-state index contributed by atoms with van der Waals surface area (Å²) in [6, 6.07) is 4.06. The minimum absolute atomic E-state index is 0.0123. The van der Waals surface area contributed by atoms with Gasteiger partial charge in [-0.2, -0.15) is 0 Å². The van der Waals surface area contributed by atoms with E-state index in [-0.39, 0.29) is 57.3 Å². The van der Waals surface area contributed by atoms with Gasteiger partial charge in [0.25, 0.3) is 5.69 Å². The maximum atomic E-state index is 12.9. The highest BCUT2D eigenvalue weighted by Gasteiger charge is 2.73. The fourth-order valence-corrected chi connectivity index (χ4v) is 5.30. The van der Waals surface area contributed by atoms with Gasteiger partial charge < -0.3 is 0 Å². The van der Waals surface area contributed by atoms with Crippen LogP contribution in [0.1, 0.15) is 12.8 Å². The van der Waals surface area contributed by atoms with Crippen LogP contribution in [0.15, 0.2) is 30.4 Å². The van der Waals surface area contributed by atoms with Crippen molar-refractivity contribution in [3.63, 3.8) is 0 Å².